The normalized spacial score (nSPS) is 13.1. The third-order valence-corrected chi connectivity index (χ3v) is 2.25. The molecule has 0 fully saturated rings. The first kappa shape index (κ1) is 10.5. The standard InChI is InChI=1S/C13H14N2O/c1-3-12-11(9-14-2)15-13(16-12)10-7-5-4-6-8-10/h3-9,14H,1-2H3/b11-9+,12-3+. The topological polar surface area (TPSA) is 38.1 Å². The van der Waals surface area contributed by atoms with Gasteiger partial charge in [-0.1, -0.05) is 18.2 Å². The molecule has 16 heavy (non-hydrogen) atoms. The quantitative estimate of drug-likeness (QED) is 0.813. The van der Waals surface area contributed by atoms with Crippen LogP contribution in [0.4, 0.5) is 0 Å². The molecule has 3 nitrogen and oxygen atoms in total. The first-order chi connectivity index (χ1) is 7.85. The van der Waals surface area contributed by atoms with Crippen LogP contribution >= 0.6 is 0 Å². The van der Waals surface area contributed by atoms with Crippen molar-refractivity contribution in [3.05, 3.63) is 41.1 Å². The van der Waals surface area contributed by atoms with E-state index < -0.39 is 0 Å². The molecule has 1 aromatic carbocycles. The van der Waals surface area contributed by atoms with Gasteiger partial charge in [-0.05, 0) is 25.1 Å². The van der Waals surface area contributed by atoms with Gasteiger partial charge in [-0.25, -0.2) is 4.98 Å². The van der Waals surface area contributed by atoms with Gasteiger partial charge in [0.05, 0.1) is 0 Å². The fourth-order valence-electron chi connectivity index (χ4n) is 1.49. The second-order valence-electron chi connectivity index (χ2n) is 3.36. The van der Waals surface area contributed by atoms with E-state index in [0.29, 0.717) is 5.89 Å². The number of nitrogens with one attached hydrogen (secondary N) is 1. The minimum atomic E-state index is 0.648. The summed E-state index contributed by atoms with van der Waals surface area (Å²) in [6, 6.07) is 9.87. The second kappa shape index (κ2) is 4.66. The second-order valence-corrected chi connectivity index (χ2v) is 3.36. The Morgan fingerprint density at radius 2 is 2.00 bits per heavy atom. The molecule has 0 aliphatic rings. The summed E-state index contributed by atoms with van der Waals surface area (Å²) >= 11 is 0. The van der Waals surface area contributed by atoms with Gasteiger partial charge in [0.15, 0.2) is 5.42 Å². The predicted molar refractivity (Wildman–Crippen MR) is 64.9 cm³/mol. The van der Waals surface area contributed by atoms with Crippen molar-refractivity contribution in [2.24, 2.45) is 0 Å². The maximum atomic E-state index is 5.66. The number of hydrogen-bond acceptors (Lipinski definition) is 3. The number of hydrogen-bond donors (Lipinski definition) is 1. The van der Waals surface area contributed by atoms with Crippen LogP contribution in [0.25, 0.3) is 23.7 Å². The molecule has 2 rings (SSSR count). The van der Waals surface area contributed by atoms with Crippen molar-refractivity contribution in [2.45, 2.75) is 6.92 Å². The molecule has 0 bridgehead atoms. The van der Waals surface area contributed by atoms with Crippen molar-refractivity contribution in [1.29, 1.82) is 0 Å². The molecule has 3 heteroatoms. The minimum absolute atomic E-state index is 0.648. The monoisotopic (exact) mass is 214 g/mol. The van der Waals surface area contributed by atoms with Crippen LogP contribution in [0.3, 0.4) is 0 Å². The lowest BCUT2D eigenvalue weighted by Gasteiger charge is -1.91. The van der Waals surface area contributed by atoms with Gasteiger partial charge in [0, 0.05) is 18.8 Å². The van der Waals surface area contributed by atoms with Crippen LogP contribution in [0.2, 0.25) is 0 Å². The number of oxazole rings is 1. The number of nitrogens with zero attached hydrogens (tertiary/aromatic N) is 1. The highest BCUT2D eigenvalue weighted by Gasteiger charge is 2.03. The Balaban J connectivity index is 2.58. The zero-order chi connectivity index (χ0) is 11.4. The third-order valence-electron chi connectivity index (χ3n) is 2.25. The molecule has 0 aliphatic heterocycles. The molecule has 0 aliphatic carbocycles. The van der Waals surface area contributed by atoms with Crippen LogP contribution < -0.4 is 16.1 Å². The highest BCUT2D eigenvalue weighted by molar-refractivity contribution is 5.52. The Morgan fingerprint density at radius 1 is 1.25 bits per heavy atom. The van der Waals surface area contributed by atoms with Crippen molar-refractivity contribution in [1.82, 2.24) is 10.3 Å². The fourth-order valence-corrected chi connectivity index (χ4v) is 1.49. The Bertz CT molecular complexity index is 570. The van der Waals surface area contributed by atoms with Crippen LogP contribution in [-0.2, 0) is 0 Å². The average Bonchev–Trinajstić information content (AvgIpc) is 2.74. The van der Waals surface area contributed by atoms with Gasteiger partial charge in [0.25, 0.3) is 0 Å². The zero-order valence-corrected chi connectivity index (χ0v) is 9.40. The van der Waals surface area contributed by atoms with Crippen LogP contribution in [0.1, 0.15) is 6.92 Å². The van der Waals surface area contributed by atoms with E-state index in [2.05, 4.69) is 10.3 Å². The summed E-state index contributed by atoms with van der Waals surface area (Å²) in [5.74, 6) is 0.648. The number of rotatable bonds is 2. The van der Waals surface area contributed by atoms with E-state index >= 15 is 0 Å². The first-order valence-corrected chi connectivity index (χ1v) is 5.21. The van der Waals surface area contributed by atoms with E-state index in [-0.39, 0.29) is 0 Å². The Kier molecular flexibility index (Phi) is 3.05. The predicted octanol–water partition coefficient (Wildman–Crippen LogP) is 1.10. The van der Waals surface area contributed by atoms with Gasteiger partial charge in [0.2, 0.25) is 5.89 Å². The summed E-state index contributed by atoms with van der Waals surface area (Å²) in [6.07, 6.45) is 3.73. The summed E-state index contributed by atoms with van der Waals surface area (Å²) in [7, 11) is 1.84. The van der Waals surface area contributed by atoms with Crippen molar-refractivity contribution < 1.29 is 4.42 Å². The zero-order valence-electron chi connectivity index (χ0n) is 9.40. The van der Waals surface area contributed by atoms with Gasteiger partial charge in [-0.3, -0.25) is 0 Å². The molecule has 0 amide bonds. The van der Waals surface area contributed by atoms with E-state index in [0.717, 1.165) is 16.3 Å². The number of benzene rings is 1. The van der Waals surface area contributed by atoms with Gasteiger partial charge in [0.1, 0.15) is 5.35 Å². The van der Waals surface area contributed by atoms with Crippen LogP contribution in [0.5, 0.6) is 0 Å². The van der Waals surface area contributed by atoms with Crippen molar-refractivity contribution in [2.75, 3.05) is 7.05 Å². The fraction of sp³-hybridized carbons (Fsp3) is 0.154. The van der Waals surface area contributed by atoms with Crippen molar-refractivity contribution in [3.63, 3.8) is 0 Å². The largest absolute Gasteiger partial charge is 0.436 e. The van der Waals surface area contributed by atoms with Crippen LogP contribution in [0, 0.1) is 0 Å². The molecular formula is C13H14N2O. The maximum Gasteiger partial charge on any atom is 0.227 e. The van der Waals surface area contributed by atoms with Crippen molar-refractivity contribution in [3.8, 4) is 11.5 Å². The Labute approximate surface area is 94.1 Å². The molecule has 1 heterocycles. The molecule has 0 saturated carbocycles. The van der Waals surface area contributed by atoms with Gasteiger partial charge in [-0.15, -0.1) is 0 Å². The molecule has 0 spiro atoms. The molecule has 1 N–H and O–H groups in total. The van der Waals surface area contributed by atoms with E-state index in [1.54, 1.807) is 0 Å². The van der Waals surface area contributed by atoms with E-state index in [1.165, 1.54) is 0 Å². The SMILES string of the molecule is C/C=c1/oc(-c2ccccc2)n/c1=C/NC. The summed E-state index contributed by atoms with van der Waals surface area (Å²) in [4.78, 5) is 4.43. The van der Waals surface area contributed by atoms with E-state index in [9.17, 15) is 0 Å². The lowest BCUT2D eigenvalue weighted by Crippen LogP contribution is -2.24. The highest BCUT2D eigenvalue weighted by atomic mass is 16.3. The molecule has 0 atom stereocenters. The maximum absolute atomic E-state index is 5.66. The highest BCUT2D eigenvalue weighted by Crippen LogP contribution is 2.12. The third kappa shape index (κ3) is 1.98. The van der Waals surface area contributed by atoms with Crippen LogP contribution in [-0.4, -0.2) is 12.0 Å². The summed E-state index contributed by atoms with van der Waals surface area (Å²) in [6.45, 7) is 1.93. The average molecular weight is 214 g/mol. The smallest absolute Gasteiger partial charge is 0.227 e. The van der Waals surface area contributed by atoms with Gasteiger partial charge in [-0.2, -0.15) is 0 Å². The molecule has 82 valence electrons. The van der Waals surface area contributed by atoms with Gasteiger partial charge >= 0.3 is 0 Å². The van der Waals surface area contributed by atoms with Crippen molar-refractivity contribution >= 4 is 12.3 Å². The molecular weight excluding hydrogens is 200 g/mol. The molecule has 0 radical (unpaired) electrons. The van der Waals surface area contributed by atoms with E-state index in [4.69, 9.17) is 4.42 Å². The molecule has 1 aromatic heterocycles. The number of aromatic nitrogens is 1. The first-order valence-electron chi connectivity index (χ1n) is 5.21. The Hall–Kier alpha value is -2.03. The summed E-state index contributed by atoms with van der Waals surface area (Å²) < 4.78 is 5.66. The van der Waals surface area contributed by atoms with Crippen LogP contribution in [0.15, 0.2) is 34.7 Å². The summed E-state index contributed by atoms with van der Waals surface area (Å²) in [5.41, 5.74) is 1.77. The lowest BCUT2D eigenvalue weighted by molar-refractivity contribution is 0.539. The molecule has 2 aromatic rings. The lowest BCUT2D eigenvalue weighted by atomic mass is 10.2. The molecule has 0 saturated heterocycles. The minimum Gasteiger partial charge on any atom is -0.436 e. The summed E-state index contributed by atoms with van der Waals surface area (Å²) in [5, 5.41) is 3.78. The molecule has 0 unspecified atom stereocenters. The Morgan fingerprint density at radius 3 is 2.62 bits per heavy atom. The van der Waals surface area contributed by atoms with Gasteiger partial charge < -0.3 is 9.73 Å². The van der Waals surface area contributed by atoms with E-state index in [1.807, 2.05) is 56.6 Å².